The zero-order valence-electron chi connectivity index (χ0n) is 16.8. The first-order valence-electron chi connectivity index (χ1n) is 9.89. The minimum atomic E-state index is -0.328. The first-order chi connectivity index (χ1) is 15.6. The van der Waals surface area contributed by atoms with Crippen molar-refractivity contribution in [3.8, 4) is 5.75 Å². The van der Waals surface area contributed by atoms with Crippen LogP contribution in [0.15, 0.2) is 70.7 Å². The molecule has 0 aliphatic carbocycles. The summed E-state index contributed by atoms with van der Waals surface area (Å²) in [5.74, 6) is 1.47. The Morgan fingerprint density at radius 3 is 2.66 bits per heavy atom. The van der Waals surface area contributed by atoms with Gasteiger partial charge >= 0.3 is 0 Å². The number of ether oxygens (including phenoxy) is 1. The number of hydrogen-bond acceptors (Lipinski definition) is 6. The Balaban J connectivity index is 1.63. The van der Waals surface area contributed by atoms with E-state index in [4.69, 9.17) is 38.0 Å². The molecule has 0 fully saturated rings. The Bertz CT molecular complexity index is 1350. The van der Waals surface area contributed by atoms with Crippen molar-refractivity contribution in [1.82, 2.24) is 14.8 Å². The largest absolute Gasteiger partial charge is 0.480 e. The average molecular weight is 499 g/mol. The highest BCUT2D eigenvalue weighted by molar-refractivity contribution is 7.98. The fourth-order valence-electron chi connectivity index (χ4n) is 4.20. The van der Waals surface area contributed by atoms with Gasteiger partial charge in [0, 0.05) is 26.1 Å². The normalized spacial score (nSPS) is 19.0. The van der Waals surface area contributed by atoms with Crippen LogP contribution in [-0.4, -0.2) is 21.0 Å². The number of aromatic nitrogens is 3. The standard InChI is InChI=1S/C23H16Cl2N4OS2/c1-31-23-27-22-26-19-15-11-14(25)8-9-16(15)30-21(12-4-6-13(24)7-5-12)18(19)20(29(22)28-23)17-3-2-10-32-17/h2-11,20-21H,1H3,(H,26,27,28). The van der Waals surface area contributed by atoms with Crippen LogP contribution in [0.2, 0.25) is 10.0 Å². The highest BCUT2D eigenvalue weighted by atomic mass is 35.5. The van der Waals surface area contributed by atoms with E-state index in [0.29, 0.717) is 21.2 Å². The molecule has 4 heterocycles. The molecule has 2 atom stereocenters. The molecule has 0 saturated heterocycles. The van der Waals surface area contributed by atoms with E-state index < -0.39 is 0 Å². The summed E-state index contributed by atoms with van der Waals surface area (Å²) < 4.78 is 8.55. The summed E-state index contributed by atoms with van der Waals surface area (Å²) in [6.45, 7) is 0. The smallest absolute Gasteiger partial charge is 0.227 e. The zero-order valence-corrected chi connectivity index (χ0v) is 19.9. The van der Waals surface area contributed by atoms with Gasteiger partial charge in [-0.2, -0.15) is 4.98 Å². The molecule has 0 radical (unpaired) electrons. The molecule has 2 aliphatic heterocycles. The number of halogens is 2. The number of rotatable bonds is 3. The SMILES string of the molecule is CSc1nc2n(n1)C(c1cccs1)C1=C(N2)c2cc(Cl)ccc2OC1c1ccc(Cl)cc1. The molecule has 32 heavy (non-hydrogen) atoms. The predicted molar refractivity (Wildman–Crippen MR) is 131 cm³/mol. The van der Waals surface area contributed by atoms with Gasteiger partial charge in [0.25, 0.3) is 0 Å². The molecule has 0 saturated carbocycles. The third-order valence-corrected chi connectivity index (χ3v) is 7.53. The second-order valence-corrected chi connectivity index (χ2v) is 10.1. The Morgan fingerprint density at radius 1 is 1.09 bits per heavy atom. The summed E-state index contributed by atoms with van der Waals surface area (Å²) in [6.07, 6.45) is 1.65. The number of benzene rings is 2. The van der Waals surface area contributed by atoms with E-state index in [0.717, 1.165) is 33.0 Å². The molecule has 6 rings (SSSR count). The van der Waals surface area contributed by atoms with Crippen LogP contribution in [0.4, 0.5) is 5.95 Å². The Labute approximate surface area is 203 Å². The van der Waals surface area contributed by atoms with Crippen molar-refractivity contribution in [1.29, 1.82) is 0 Å². The number of thioether (sulfide) groups is 1. The molecule has 2 aliphatic rings. The molecule has 0 spiro atoms. The van der Waals surface area contributed by atoms with Crippen LogP contribution in [0.5, 0.6) is 5.75 Å². The average Bonchev–Trinajstić information content (AvgIpc) is 3.47. The number of nitrogens with zero attached hydrogens (tertiary/aromatic N) is 3. The van der Waals surface area contributed by atoms with Crippen LogP contribution in [0.1, 0.15) is 28.1 Å². The van der Waals surface area contributed by atoms with Gasteiger partial charge in [-0.1, -0.05) is 53.2 Å². The lowest BCUT2D eigenvalue weighted by Crippen LogP contribution is -2.32. The Hall–Kier alpha value is -2.45. The lowest BCUT2D eigenvalue weighted by molar-refractivity contribution is 0.223. The summed E-state index contributed by atoms with van der Waals surface area (Å²) in [6, 6.07) is 17.5. The van der Waals surface area contributed by atoms with Gasteiger partial charge in [0.05, 0.1) is 5.70 Å². The summed E-state index contributed by atoms with van der Waals surface area (Å²) in [4.78, 5) is 5.87. The topological polar surface area (TPSA) is 52.0 Å². The third-order valence-electron chi connectivity index (χ3n) is 5.58. The van der Waals surface area contributed by atoms with Crippen LogP contribution in [0, 0.1) is 0 Å². The fraction of sp³-hybridized carbons (Fsp3) is 0.130. The van der Waals surface area contributed by atoms with E-state index in [1.54, 1.807) is 11.3 Å². The molecule has 160 valence electrons. The van der Waals surface area contributed by atoms with E-state index in [2.05, 4.69) is 22.8 Å². The fourth-order valence-corrected chi connectivity index (χ4v) is 5.67. The molecule has 1 N–H and O–H groups in total. The molecule has 2 unspecified atom stereocenters. The Kier molecular flexibility index (Phi) is 4.95. The van der Waals surface area contributed by atoms with Gasteiger partial charge in [0.2, 0.25) is 11.1 Å². The first-order valence-corrected chi connectivity index (χ1v) is 12.8. The molecular weight excluding hydrogens is 483 g/mol. The van der Waals surface area contributed by atoms with Crippen LogP contribution in [0.3, 0.4) is 0 Å². The Morgan fingerprint density at radius 2 is 1.91 bits per heavy atom. The lowest BCUT2D eigenvalue weighted by Gasteiger charge is -2.38. The minimum Gasteiger partial charge on any atom is -0.480 e. The van der Waals surface area contributed by atoms with Crippen LogP contribution in [-0.2, 0) is 0 Å². The van der Waals surface area contributed by atoms with Crippen LogP contribution in [0.25, 0.3) is 5.70 Å². The highest BCUT2D eigenvalue weighted by Crippen LogP contribution is 2.52. The van der Waals surface area contributed by atoms with Gasteiger partial charge < -0.3 is 10.1 Å². The van der Waals surface area contributed by atoms with Crippen molar-refractivity contribution < 1.29 is 4.74 Å². The summed E-state index contributed by atoms with van der Waals surface area (Å²) >= 11 is 15.8. The number of anilines is 1. The van der Waals surface area contributed by atoms with Crippen molar-refractivity contribution in [2.75, 3.05) is 11.6 Å². The quantitative estimate of drug-likeness (QED) is 0.310. The molecule has 5 nitrogen and oxygen atoms in total. The minimum absolute atomic E-state index is 0.164. The first kappa shape index (κ1) is 20.2. The maximum Gasteiger partial charge on any atom is 0.227 e. The third kappa shape index (κ3) is 3.23. The summed E-state index contributed by atoms with van der Waals surface area (Å²) in [7, 11) is 0. The second kappa shape index (κ2) is 7.85. The van der Waals surface area contributed by atoms with Gasteiger partial charge in [0.15, 0.2) is 0 Å². The summed E-state index contributed by atoms with van der Waals surface area (Å²) in [5.41, 5.74) is 3.95. The van der Waals surface area contributed by atoms with E-state index in [1.165, 1.54) is 11.8 Å². The molecular formula is C23H16Cl2N4OS2. The maximum absolute atomic E-state index is 6.60. The van der Waals surface area contributed by atoms with Gasteiger partial charge in [-0.3, -0.25) is 0 Å². The van der Waals surface area contributed by atoms with Crippen molar-refractivity contribution in [3.05, 3.63) is 91.6 Å². The van der Waals surface area contributed by atoms with Gasteiger partial charge in [0.1, 0.15) is 17.9 Å². The van der Waals surface area contributed by atoms with Gasteiger partial charge in [-0.05, 0) is 53.6 Å². The monoisotopic (exact) mass is 498 g/mol. The molecule has 0 amide bonds. The van der Waals surface area contributed by atoms with Gasteiger partial charge in [-0.25, -0.2) is 4.68 Å². The van der Waals surface area contributed by atoms with E-state index in [1.807, 2.05) is 53.4 Å². The number of fused-ring (bicyclic) bond motifs is 3. The molecule has 2 aromatic carbocycles. The number of hydrogen-bond donors (Lipinski definition) is 1. The zero-order chi connectivity index (χ0) is 21.8. The maximum atomic E-state index is 6.60. The van der Waals surface area contributed by atoms with Crippen molar-refractivity contribution in [3.63, 3.8) is 0 Å². The van der Waals surface area contributed by atoms with E-state index >= 15 is 0 Å². The van der Waals surface area contributed by atoms with Gasteiger partial charge in [-0.15, -0.1) is 16.4 Å². The highest BCUT2D eigenvalue weighted by Gasteiger charge is 2.41. The van der Waals surface area contributed by atoms with E-state index in [-0.39, 0.29) is 12.1 Å². The summed E-state index contributed by atoms with van der Waals surface area (Å²) in [5, 5.41) is 12.5. The predicted octanol–water partition coefficient (Wildman–Crippen LogP) is 6.93. The molecule has 4 aromatic rings. The van der Waals surface area contributed by atoms with Crippen molar-refractivity contribution in [2.45, 2.75) is 17.3 Å². The lowest BCUT2D eigenvalue weighted by atomic mass is 9.87. The molecule has 9 heteroatoms. The second-order valence-electron chi connectivity index (χ2n) is 7.43. The number of nitrogens with one attached hydrogen (secondary N) is 1. The molecule has 2 aromatic heterocycles. The van der Waals surface area contributed by atoms with Crippen molar-refractivity contribution >= 4 is 57.9 Å². The number of thiophene rings is 1. The molecule has 0 bridgehead atoms. The van der Waals surface area contributed by atoms with Crippen molar-refractivity contribution in [2.24, 2.45) is 0 Å². The van der Waals surface area contributed by atoms with Crippen LogP contribution < -0.4 is 10.1 Å². The van der Waals surface area contributed by atoms with Crippen LogP contribution >= 0.6 is 46.3 Å². The van der Waals surface area contributed by atoms with E-state index in [9.17, 15) is 0 Å².